The minimum atomic E-state index is -0.494. The zero-order chi connectivity index (χ0) is 14.0. The first-order chi connectivity index (χ1) is 8.87. The van der Waals surface area contributed by atoms with Gasteiger partial charge in [-0.1, -0.05) is 30.3 Å². The average molecular weight is 261 g/mol. The van der Waals surface area contributed by atoms with Crippen LogP contribution in [0.2, 0.25) is 0 Å². The first kappa shape index (κ1) is 13.6. The van der Waals surface area contributed by atoms with Crippen LogP contribution in [-0.4, -0.2) is 35.5 Å². The zero-order valence-corrected chi connectivity index (χ0v) is 11.6. The molecule has 1 amide bonds. The number of hydrogen-bond acceptors (Lipinski definition) is 3. The van der Waals surface area contributed by atoms with Crippen LogP contribution in [0.4, 0.5) is 4.79 Å². The minimum absolute atomic E-state index is 0.0976. The maximum absolute atomic E-state index is 12.1. The third kappa shape index (κ3) is 3.34. The second-order valence-corrected chi connectivity index (χ2v) is 5.81. The number of likely N-dealkylation sites (tertiary alicyclic amines) is 1. The van der Waals surface area contributed by atoms with Crippen molar-refractivity contribution in [1.82, 2.24) is 4.90 Å². The Labute approximate surface area is 113 Å². The van der Waals surface area contributed by atoms with Crippen molar-refractivity contribution in [2.45, 2.75) is 26.4 Å². The number of ether oxygens (including phenoxy) is 1. The van der Waals surface area contributed by atoms with Crippen molar-refractivity contribution in [3.05, 3.63) is 35.9 Å². The molecule has 4 nitrogen and oxygen atoms in total. The lowest BCUT2D eigenvalue weighted by Crippen LogP contribution is -2.54. The molecule has 0 aliphatic carbocycles. The Bertz CT molecular complexity index is 470. The van der Waals surface area contributed by atoms with Crippen LogP contribution in [0.5, 0.6) is 0 Å². The van der Waals surface area contributed by atoms with Gasteiger partial charge in [0.2, 0.25) is 0 Å². The van der Waals surface area contributed by atoms with Gasteiger partial charge >= 0.3 is 6.09 Å². The summed E-state index contributed by atoms with van der Waals surface area (Å²) in [7, 11) is 0. The predicted octanol–water partition coefficient (Wildman–Crippen LogP) is 2.74. The Balaban J connectivity index is 1.87. The largest absolute Gasteiger partial charge is 0.444 e. The highest BCUT2D eigenvalue weighted by Crippen LogP contribution is 2.22. The van der Waals surface area contributed by atoms with E-state index in [9.17, 15) is 9.59 Å². The molecule has 0 N–H and O–H groups in total. The molecule has 0 bridgehead atoms. The number of rotatable bonds is 2. The number of amides is 1. The summed E-state index contributed by atoms with van der Waals surface area (Å²) in [6.07, 6.45) is -0.343. The van der Waals surface area contributed by atoms with Crippen LogP contribution in [0.25, 0.3) is 0 Å². The fourth-order valence-corrected chi connectivity index (χ4v) is 1.96. The molecular formula is C15H19NO3. The molecule has 0 spiro atoms. The van der Waals surface area contributed by atoms with Gasteiger partial charge in [-0.15, -0.1) is 0 Å². The summed E-state index contributed by atoms with van der Waals surface area (Å²) in [4.78, 5) is 25.4. The summed E-state index contributed by atoms with van der Waals surface area (Å²) in [6, 6.07) is 9.18. The van der Waals surface area contributed by atoms with E-state index in [2.05, 4.69) is 0 Å². The summed E-state index contributed by atoms with van der Waals surface area (Å²) >= 11 is 0. The van der Waals surface area contributed by atoms with Crippen molar-refractivity contribution >= 4 is 11.9 Å². The fraction of sp³-hybridized carbons (Fsp3) is 0.467. The lowest BCUT2D eigenvalue weighted by molar-refractivity contribution is 0.00149. The maximum Gasteiger partial charge on any atom is 0.410 e. The number of carbonyl (C=O) groups is 2. The Morgan fingerprint density at radius 2 is 1.74 bits per heavy atom. The van der Waals surface area contributed by atoms with E-state index in [0.717, 1.165) is 0 Å². The van der Waals surface area contributed by atoms with Gasteiger partial charge in [-0.05, 0) is 20.8 Å². The summed E-state index contributed by atoms with van der Waals surface area (Å²) in [5.74, 6) is -0.00433. The molecule has 0 saturated carbocycles. The molecule has 0 unspecified atom stereocenters. The molecule has 0 atom stereocenters. The topological polar surface area (TPSA) is 46.6 Å². The SMILES string of the molecule is CC(C)(C)OC(=O)N1CC(C(=O)c2ccccc2)C1. The summed E-state index contributed by atoms with van der Waals surface area (Å²) in [6.45, 7) is 6.39. The molecule has 4 heteroatoms. The van der Waals surface area contributed by atoms with Gasteiger partial charge in [0.1, 0.15) is 5.60 Å². The third-order valence-electron chi connectivity index (χ3n) is 2.96. The van der Waals surface area contributed by atoms with Gasteiger partial charge in [0, 0.05) is 18.7 Å². The van der Waals surface area contributed by atoms with Crippen LogP contribution < -0.4 is 0 Å². The predicted molar refractivity (Wildman–Crippen MR) is 72.1 cm³/mol. The highest BCUT2D eigenvalue weighted by atomic mass is 16.6. The maximum atomic E-state index is 12.1. The fourth-order valence-electron chi connectivity index (χ4n) is 1.96. The summed E-state index contributed by atoms with van der Waals surface area (Å²) in [5, 5.41) is 0. The number of nitrogens with zero attached hydrogens (tertiary/aromatic N) is 1. The lowest BCUT2D eigenvalue weighted by atomic mass is 9.91. The summed E-state index contributed by atoms with van der Waals surface area (Å²) in [5.41, 5.74) is 0.211. The Kier molecular flexibility index (Phi) is 3.60. The van der Waals surface area contributed by atoms with E-state index < -0.39 is 5.60 Å². The van der Waals surface area contributed by atoms with Crippen LogP contribution in [0.15, 0.2) is 30.3 Å². The van der Waals surface area contributed by atoms with Crippen molar-refractivity contribution in [3.63, 3.8) is 0 Å². The highest BCUT2D eigenvalue weighted by molar-refractivity contribution is 5.99. The second kappa shape index (κ2) is 5.03. The van der Waals surface area contributed by atoms with Crippen LogP contribution in [0.1, 0.15) is 31.1 Å². The van der Waals surface area contributed by atoms with E-state index in [-0.39, 0.29) is 17.8 Å². The molecule has 1 fully saturated rings. The lowest BCUT2D eigenvalue weighted by Gasteiger charge is -2.38. The van der Waals surface area contributed by atoms with Crippen LogP contribution in [-0.2, 0) is 4.74 Å². The molecule has 1 aliphatic rings. The molecule has 102 valence electrons. The standard InChI is InChI=1S/C15H19NO3/c1-15(2,3)19-14(18)16-9-12(10-16)13(17)11-7-5-4-6-8-11/h4-8,12H,9-10H2,1-3H3. The smallest absolute Gasteiger partial charge is 0.410 e. The molecule has 2 rings (SSSR count). The quantitative estimate of drug-likeness (QED) is 0.769. The molecule has 1 aromatic rings. The number of Topliss-reactive ketones (excluding diaryl/α,β-unsaturated/α-hetero) is 1. The van der Waals surface area contributed by atoms with E-state index in [4.69, 9.17) is 4.74 Å². The molecule has 0 aromatic heterocycles. The van der Waals surface area contributed by atoms with Crippen molar-refractivity contribution < 1.29 is 14.3 Å². The third-order valence-corrected chi connectivity index (χ3v) is 2.96. The molecular weight excluding hydrogens is 242 g/mol. The minimum Gasteiger partial charge on any atom is -0.444 e. The Morgan fingerprint density at radius 3 is 2.26 bits per heavy atom. The van der Waals surface area contributed by atoms with E-state index in [1.54, 1.807) is 17.0 Å². The van der Waals surface area contributed by atoms with Crippen LogP contribution in [0.3, 0.4) is 0 Å². The van der Waals surface area contributed by atoms with E-state index in [1.165, 1.54) is 0 Å². The molecule has 1 aromatic carbocycles. The molecule has 1 heterocycles. The number of carbonyl (C=O) groups excluding carboxylic acids is 2. The van der Waals surface area contributed by atoms with E-state index >= 15 is 0 Å². The van der Waals surface area contributed by atoms with Gasteiger partial charge in [-0.2, -0.15) is 0 Å². The van der Waals surface area contributed by atoms with Crippen LogP contribution in [0, 0.1) is 5.92 Å². The second-order valence-electron chi connectivity index (χ2n) is 5.81. The van der Waals surface area contributed by atoms with Gasteiger partial charge in [0.05, 0.1) is 5.92 Å². The first-order valence-corrected chi connectivity index (χ1v) is 6.44. The number of hydrogen-bond donors (Lipinski definition) is 0. The van der Waals surface area contributed by atoms with Crippen molar-refractivity contribution in [2.75, 3.05) is 13.1 Å². The summed E-state index contributed by atoms with van der Waals surface area (Å²) < 4.78 is 5.25. The molecule has 0 radical (unpaired) electrons. The molecule has 19 heavy (non-hydrogen) atoms. The van der Waals surface area contributed by atoms with Gasteiger partial charge in [0.15, 0.2) is 5.78 Å². The van der Waals surface area contributed by atoms with Crippen LogP contribution >= 0.6 is 0 Å². The number of benzene rings is 1. The zero-order valence-electron chi connectivity index (χ0n) is 11.6. The van der Waals surface area contributed by atoms with Crippen molar-refractivity contribution in [1.29, 1.82) is 0 Å². The van der Waals surface area contributed by atoms with Gasteiger partial charge in [-0.25, -0.2) is 4.79 Å². The van der Waals surface area contributed by atoms with E-state index in [1.807, 2.05) is 39.0 Å². The Hall–Kier alpha value is -1.84. The van der Waals surface area contributed by atoms with Gasteiger partial charge < -0.3 is 9.64 Å². The van der Waals surface area contributed by atoms with Crippen molar-refractivity contribution in [2.24, 2.45) is 5.92 Å². The molecule has 1 saturated heterocycles. The van der Waals surface area contributed by atoms with Crippen molar-refractivity contribution in [3.8, 4) is 0 Å². The van der Waals surface area contributed by atoms with E-state index in [0.29, 0.717) is 18.7 Å². The number of ketones is 1. The highest BCUT2D eigenvalue weighted by Gasteiger charge is 2.37. The normalized spacial score (nSPS) is 15.8. The average Bonchev–Trinajstić information content (AvgIpc) is 2.25. The first-order valence-electron chi connectivity index (χ1n) is 6.44. The monoisotopic (exact) mass is 261 g/mol. The van der Waals surface area contributed by atoms with Gasteiger partial charge in [-0.3, -0.25) is 4.79 Å². The molecule has 1 aliphatic heterocycles. The van der Waals surface area contributed by atoms with Gasteiger partial charge in [0.25, 0.3) is 0 Å². The Morgan fingerprint density at radius 1 is 1.16 bits per heavy atom.